The summed E-state index contributed by atoms with van der Waals surface area (Å²) in [6.45, 7) is 11.5. The molecule has 0 fully saturated rings. The summed E-state index contributed by atoms with van der Waals surface area (Å²) in [5.41, 5.74) is 18.6. The molecule has 1 aliphatic rings. The van der Waals surface area contributed by atoms with Gasteiger partial charge in [-0.1, -0.05) is 192 Å². The monoisotopic (exact) mass is 812 g/mol. The molecule has 0 aromatic heterocycles. The first-order valence-corrected chi connectivity index (χ1v) is 22.7. The van der Waals surface area contributed by atoms with Gasteiger partial charge in [-0.15, -0.1) is 0 Å². The summed E-state index contributed by atoms with van der Waals surface area (Å²) in [5, 5.41) is 7.69. The molecule has 2 heteroatoms. The highest BCUT2D eigenvalue weighted by Gasteiger charge is 2.30. The van der Waals surface area contributed by atoms with Crippen LogP contribution in [0.1, 0.15) is 62.4 Å². The van der Waals surface area contributed by atoms with E-state index >= 15 is 0 Å². The molecule has 2 bridgehead atoms. The van der Waals surface area contributed by atoms with Crippen molar-refractivity contribution in [2.24, 2.45) is 0 Å². The first-order valence-electron chi connectivity index (χ1n) is 22.7. The third kappa shape index (κ3) is 6.55. The Kier molecular flexibility index (Phi) is 9.43. The minimum Gasteiger partial charge on any atom is -0.309 e. The summed E-state index contributed by atoms with van der Waals surface area (Å²) >= 11 is 0. The first kappa shape index (κ1) is 38.7. The minimum atomic E-state index is 0.0133. The predicted octanol–water partition coefficient (Wildman–Crippen LogP) is 17.2. The second-order valence-electron chi connectivity index (χ2n) is 18.3. The van der Waals surface area contributed by atoms with Crippen molar-refractivity contribution in [2.45, 2.75) is 59.3 Å². The van der Waals surface area contributed by atoms with Crippen LogP contribution in [0.15, 0.2) is 188 Å². The molecule has 0 radical (unpaired) electrons. The largest absolute Gasteiger partial charge is 0.309 e. The lowest BCUT2D eigenvalue weighted by Gasteiger charge is -2.37. The van der Waals surface area contributed by atoms with Crippen LogP contribution in [-0.2, 0) is 24.7 Å². The van der Waals surface area contributed by atoms with Crippen molar-refractivity contribution in [1.82, 2.24) is 0 Å². The molecule has 1 aliphatic heterocycles. The van der Waals surface area contributed by atoms with Crippen LogP contribution in [0.25, 0.3) is 54.6 Å². The fourth-order valence-electron chi connectivity index (χ4n) is 10.2. The molecule has 0 saturated heterocycles. The molecule has 10 aromatic rings. The van der Waals surface area contributed by atoms with Gasteiger partial charge in [0, 0.05) is 34.0 Å². The van der Waals surface area contributed by atoms with Crippen LogP contribution in [0.3, 0.4) is 0 Å². The maximum atomic E-state index is 2.61. The van der Waals surface area contributed by atoms with Gasteiger partial charge in [0.05, 0.1) is 22.7 Å². The van der Waals surface area contributed by atoms with Gasteiger partial charge in [0.15, 0.2) is 0 Å². The van der Waals surface area contributed by atoms with Gasteiger partial charge in [0.1, 0.15) is 0 Å². The molecule has 0 saturated carbocycles. The molecule has 0 spiro atoms. The van der Waals surface area contributed by atoms with Crippen LogP contribution in [0.2, 0.25) is 0 Å². The molecule has 63 heavy (non-hydrogen) atoms. The lowest BCUT2D eigenvalue weighted by atomic mass is 9.83. The van der Waals surface area contributed by atoms with Gasteiger partial charge in [-0.3, -0.25) is 0 Å². The summed E-state index contributed by atoms with van der Waals surface area (Å²) in [5.74, 6) is 0. The van der Waals surface area contributed by atoms with Gasteiger partial charge in [0.25, 0.3) is 0 Å². The quantitative estimate of drug-likeness (QED) is 0.154. The number of anilines is 6. The molecule has 0 atom stereocenters. The van der Waals surface area contributed by atoms with E-state index in [1.165, 1.54) is 117 Å². The van der Waals surface area contributed by atoms with Crippen LogP contribution >= 0.6 is 0 Å². The average molecular weight is 813 g/mol. The zero-order valence-corrected chi connectivity index (χ0v) is 36.9. The summed E-state index contributed by atoms with van der Waals surface area (Å²) < 4.78 is 0. The van der Waals surface area contributed by atoms with Crippen LogP contribution in [0.5, 0.6) is 0 Å². The summed E-state index contributed by atoms with van der Waals surface area (Å²) in [6.07, 6.45) is 2.58. The maximum absolute atomic E-state index is 2.61. The molecule has 2 nitrogen and oxygen atoms in total. The Bertz CT molecular complexity index is 3110. The number of nitrogens with zero attached hydrogens (tertiary/aromatic N) is 2. The Labute approximate surface area is 372 Å². The van der Waals surface area contributed by atoms with E-state index in [4.69, 9.17) is 0 Å². The van der Waals surface area contributed by atoms with Crippen molar-refractivity contribution in [3.8, 4) is 22.3 Å². The van der Waals surface area contributed by atoms with E-state index in [0.29, 0.717) is 0 Å². The minimum absolute atomic E-state index is 0.0133. The molecule has 10 aromatic carbocycles. The third-order valence-electron chi connectivity index (χ3n) is 13.5. The SMILES string of the molecule is CCc1ccccc1N1c2cc(-c3ccccc3)ccc2Cc2ccc(-c3ccccc3)cc2N(c2ccccc2CC)c2cc1c1ccc3cc(C(C)(C)C)cc4ccc2c1c34. The molecule has 0 N–H and O–H groups in total. The summed E-state index contributed by atoms with van der Waals surface area (Å²) in [4.78, 5) is 5.23. The second kappa shape index (κ2) is 15.3. The number of hydrogen-bond donors (Lipinski definition) is 0. The van der Waals surface area contributed by atoms with Crippen molar-refractivity contribution in [3.05, 3.63) is 216 Å². The van der Waals surface area contributed by atoms with E-state index < -0.39 is 0 Å². The Morgan fingerprint density at radius 2 is 0.825 bits per heavy atom. The zero-order chi connectivity index (χ0) is 42.8. The zero-order valence-electron chi connectivity index (χ0n) is 36.9. The number of rotatable bonds is 6. The molecule has 0 amide bonds. The molecule has 1 heterocycles. The van der Waals surface area contributed by atoms with E-state index in [1.807, 2.05) is 0 Å². The third-order valence-corrected chi connectivity index (χ3v) is 13.5. The van der Waals surface area contributed by atoms with Gasteiger partial charge in [-0.25, -0.2) is 0 Å². The van der Waals surface area contributed by atoms with Crippen molar-refractivity contribution < 1.29 is 0 Å². The van der Waals surface area contributed by atoms with Crippen molar-refractivity contribution in [1.29, 1.82) is 0 Å². The van der Waals surface area contributed by atoms with Gasteiger partial charge >= 0.3 is 0 Å². The normalized spacial score (nSPS) is 12.8. The lowest BCUT2D eigenvalue weighted by molar-refractivity contribution is 0.591. The van der Waals surface area contributed by atoms with Crippen LogP contribution in [-0.4, -0.2) is 0 Å². The van der Waals surface area contributed by atoms with E-state index in [9.17, 15) is 0 Å². The Balaban J connectivity index is 1.35. The average Bonchev–Trinajstić information content (AvgIpc) is 3.32. The molecular formula is C61H52N2. The Hall–Kier alpha value is -7.16. The van der Waals surface area contributed by atoms with Gasteiger partial charge < -0.3 is 9.80 Å². The fourth-order valence-corrected chi connectivity index (χ4v) is 10.2. The maximum Gasteiger partial charge on any atom is 0.0561 e. The second-order valence-corrected chi connectivity index (χ2v) is 18.3. The van der Waals surface area contributed by atoms with Crippen LogP contribution < -0.4 is 9.80 Å². The van der Waals surface area contributed by atoms with E-state index in [0.717, 1.165) is 19.3 Å². The predicted molar refractivity (Wildman–Crippen MR) is 271 cm³/mol. The van der Waals surface area contributed by atoms with Crippen molar-refractivity contribution in [3.63, 3.8) is 0 Å². The first-order chi connectivity index (χ1) is 30.8. The van der Waals surface area contributed by atoms with Crippen molar-refractivity contribution >= 4 is 66.4 Å². The van der Waals surface area contributed by atoms with Crippen LogP contribution in [0.4, 0.5) is 34.1 Å². The van der Waals surface area contributed by atoms with E-state index in [-0.39, 0.29) is 5.41 Å². The van der Waals surface area contributed by atoms with Gasteiger partial charge in [-0.05, 0) is 115 Å². The highest BCUT2D eigenvalue weighted by Crippen LogP contribution is 2.54. The van der Waals surface area contributed by atoms with Gasteiger partial charge in [-0.2, -0.15) is 0 Å². The number of benzene rings is 10. The smallest absolute Gasteiger partial charge is 0.0561 e. The topological polar surface area (TPSA) is 6.48 Å². The highest BCUT2D eigenvalue weighted by molar-refractivity contribution is 6.29. The molecule has 306 valence electrons. The molecule has 0 aliphatic carbocycles. The molecular weight excluding hydrogens is 761 g/mol. The molecule has 11 rings (SSSR count). The van der Waals surface area contributed by atoms with E-state index in [1.54, 1.807) is 0 Å². The lowest BCUT2D eigenvalue weighted by Crippen LogP contribution is -2.20. The number of fused-ring (bicyclic) bond motifs is 6. The highest BCUT2D eigenvalue weighted by atomic mass is 15.2. The standard InChI is InChI=1S/C61H52N2/c1-6-40-18-14-16-24-53(40)62-55-37-44(42-20-10-8-11-21-42)26-28-46(55)34-47-29-27-45(43-22-12-9-13-23-43)38-56(47)63(54-25-17-15-19-41(54)7-2)58-39-57(62)51-32-30-48-35-50(61(3,4)5)36-49-31-33-52(58)60(51)59(48)49/h8-33,35-39H,6-7,34H2,1-5H3. The summed E-state index contributed by atoms with van der Waals surface area (Å²) in [6, 6.07) is 71.1. The fraction of sp³-hybridized carbons (Fsp3) is 0.148. The van der Waals surface area contributed by atoms with Crippen molar-refractivity contribution in [2.75, 3.05) is 9.80 Å². The number of aryl methyl sites for hydroxylation is 2. The van der Waals surface area contributed by atoms with Gasteiger partial charge in [0.2, 0.25) is 0 Å². The number of para-hydroxylation sites is 2. The molecule has 0 unspecified atom stereocenters. The Morgan fingerprint density at radius 1 is 0.381 bits per heavy atom. The van der Waals surface area contributed by atoms with E-state index in [2.05, 4.69) is 232 Å². The number of hydrogen-bond acceptors (Lipinski definition) is 2. The Morgan fingerprint density at radius 3 is 1.27 bits per heavy atom. The summed E-state index contributed by atoms with van der Waals surface area (Å²) in [7, 11) is 0. The van der Waals surface area contributed by atoms with Crippen LogP contribution in [0, 0.1) is 0 Å².